The van der Waals surface area contributed by atoms with Gasteiger partial charge in [0, 0.05) is 13.0 Å². The second-order valence-electron chi connectivity index (χ2n) is 6.39. The highest BCUT2D eigenvalue weighted by Gasteiger charge is 2.25. The van der Waals surface area contributed by atoms with Crippen molar-refractivity contribution in [3.05, 3.63) is 70.3 Å². The van der Waals surface area contributed by atoms with E-state index in [1.54, 1.807) is 6.07 Å². The molecule has 0 saturated carbocycles. The van der Waals surface area contributed by atoms with Crippen LogP contribution in [0.4, 0.5) is 0 Å². The van der Waals surface area contributed by atoms with Gasteiger partial charge in [0.25, 0.3) is 5.56 Å². The highest BCUT2D eigenvalue weighted by atomic mass is 16.5. The van der Waals surface area contributed by atoms with Gasteiger partial charge in [-0.3, -0.25) is 9.59 Å². The Balaban J connectivity index is 1.36. The Morgan fingerprint density at radius 2 is 2.00 bits per heavy atom. The standard InChI is InChI=1S/C20H19N3O3/c24-19(14-11-13-5-1-4-8-17(13)26-12-14)21-10-9-18-22-16-7-3-2-6-15(16)20(25)23-18/h1-8,14H,9-12H2,(H,21,24)(H,22,23,25)/t14-/m0/s1. The molecule has 0 spiro atoms. The highest BCUT2D eigenvalue weighted by molar-refractivity contribution is 5.79. The minimum absolute atomic E-state index is 0.0392. The van der Waals surface area contributed by atoms with E-state index in [1.807, 2.05) is 42.5 Å². The molecule has 1 aromatic heterocycles. The third-order valence-corrected chi connectivity index (χ3v) is 4.57. The monoisotopic (exact) mass is 349 g/mol. The lowest BCUT2D eigenvalue weighted by Crippen LogP contribution is -2.38. The molecule has 0 saturated heterocycles. The smallest absolute Gasteiger partial charge is 0.258 e. The summed E-state index contributed by atoms with van der Waals surface area (Å²) in [5, 5.41) is 3.49. The molecule has 6 heteroatoms. The van der Waals surface area contributed by atoms with Crippen molar-refractivity contribution in [1.29, 1.82) is 0 Å². The molecule has 3 aromatic rings. The van der Waals surface area contributed by atoms with Crippen molar-refractivity contribution in [1.82, 2.24) is 15.3 Å². The largest absolute Gasteiger partial charge is 0.492 e. The number of hydrogen-bond acceptors (Lipinski definition) is 4. The number of nitrogens with zero attached hydrogens (tertiary/aromatic N) is 1. The zero-order chi connectivity index (χ0) is 17.9. The van der Waals surface area contributed by atoms with Gasteiger partial charge in [-0.25, -0.2) is 4.98 Å². The first-order valence-electron chi connectivity index (χ1n) is 8.67. The molecular weight excluding hydrogens is 330 g/mol. The molecule has 1 atom stereocenters. The van der Waals surface area contributed by atoms with Crippen LogP contribution in [0.1, 0.15) is 11.4 Å². The minimum Gasteiger partial charge on any atom is -0.492 e. The van der Waals surface area contributed by atoms with E-state index in [4.69, 9.17) is 4.74 Å². The first kappa shape index (κ1) is 16.3. The zero-order valence-corrected chi connectivity index (χ0v) is 14.2. The number of carbonyl (C=O) groups excluding carboxylic acids is 1. The van der Waals surface area contributed by atoms with Crippen LogP contribution in [0.15, 0.2) is 53.3 Å². The lowest BCUT2D eigenvalue weighted by molar-refractivity contribution is -0.126. The van der Waals surface area contributed by atoms with Crippen molar-refractivity contribution >= 4 is 16.8 Å². The first-order chi connectivity index (χ1) is 12.7. The van der Waals surface area contributed by atoms with Crippen LogP contribution in [-0.2, 0) is 17.6 Å². The van der Waals surface area contributed by atoms with Gasteiger partial charge in [0.2, 0.25) is 5.91 Å². The summed E-state index contributed by atoms with van der Waals surface area (Å²) in [4.78, 5) is 31.7. The normalized spacial score (nSPS) is 15.9. The molecule has 4 rings (SSSR count). The van der Waals surface area contributed by atoms with Gasteiger partial charge < -0.3 is 15.0 Å². The van der Waals surface area contributed by atoms with Gasteiger partial charge in [0.15, 0.2) is 0 Å². The Bertz CT molecular complexity index is 1010. The Labute approximate surface area is 150 Å². The number of H-pyrrole nitrogens is 1. The van der Waals surface area contributed by atoms with Gasteiger partial charge in [-0.1, -0.05) is 30.3 Å². The van der Waals surface area contributed by atoms with Gasteiger partial charge in [-0.2, -0.15) is 0 Å². The lowest BCUT2D eigenvalue weighted by atomic mass is 9.96. The fourth-order valence-corrected chi connectivity index (χ4v) is 3.20. The quantitative estimate of drug-likeness (QED) is 0.753. The van der Waals surface area contributed by atoms with Crippen LogP contribution >= 0.6 is 0 Å². The van der Waals surface area contributed by atoms with Crippen molar-refractivity contribution in [2.75, 3.05) is 13.2 Å². The zero-order valence-electron chi connectivity index (χ0n) is 14.2. The van der Waals surface area contributed by atoms with E-state index in [0.29, 0.717) is 42.7 Å². The first-order valence-corrected chi connectivity index (χ1v) is 8.67. The molecule has 1 aliphatic heterocycles. The van der Waals surface area contributed by atoms with E-state index in [-0.39, 0.29) is 17.4 Å². The second-order valence-corrected chi connectivity index (χ2v) is 6.39. The van der Waals surface area contributed by atoms with Crippen LogP contribution in [0.5, 0.6) is 5.75 Å². The molecule has 26 heavy (non-hydrogen) atoms. The predicted molar refractivity (Wildman–Crippen MR) is 98.2 cm³/mol. The van der Waals surface area contributed by atoms with Crippen LogP contribution in [0, 0.1) is 5.92 Å². The van der Waals surface area contributed by atoms with E-state index in [1.165, 1.54) is 0 Å². The van der Waals surface area contributed by atoms with Crippen molar-refractivity contribution in [2.24, 2.45) is 5.92 Å². The lowest BCUT2D eigenvalue weighted by Gasteiger charge is -2.24. The van der Waals surface area contributed by atoms with Crippen molar-refractivity contribution in [2.45, 2.75) is 12.8 Å². The number of carbonyl (C=O) groups is 1. The van der Waals surface area contributed by atoms with Crippen molar-refractivity contribution in [3.8, 4) is 5.75 Å². The summed E-state index contributed by atoms with van der Waals surface area (Å²) in [5.41, 5.74) is 1.56. The number of rotatable bonds is 4. The van der Waals surface area contributed by atoms with E-state index in [0.717, 1.165) is 11.3 Å². The summed E-state index contributed by atoms with van der Waals surface area (Å²) in [6.45, 7) is 0.798. The molecule has 1 aliphatic rings. The molecule has 6 nitrogen and oxygen atoms in total. The van der Waals surface area contributed by atoms with Gasteiger partial charge in [-0.05, 0) is 30.2 Å². The number of benzene rings is 2. The average Bonchev–Trinajstić information content (AvgIpc) is 2.67. The van der Waals surface area contributed by atoms with E-state index >= 15 is 0 Å². The summed E-state index contributed by atoms with van der Waals surface area (Å²) in [6, 6.07) is 15.0. The number of aromatic nitrogens is 2. The molecule has 0 bridgehead atoms. The Morgan fingerprint density at radius 3 is 2.92 bits per heavy atom. The average molecular weight is 349 g/mol. The van der Waals surface area contributed by atoms with Crippen LogP contribution in [0.2, 0.25) is 0 Å². The van der Waals surface area contributed by atoms with Crippen LogP contribution in [0.25, 0.3) is 10.9 Å². The highest BCUT2D eigenvalue weighted by Crippen LogP contribution is 2.26. The number of aromatic amines is 1. The Morgan fingerprint density at radius 1 is 1.19 bits per heavy atom. The van der Waals surface area contributed by atoms with Gasteiger partial charge in [0.05, 0.1) is 16.8 Å². The Hall–Kier alpha value is -3.15. The fraction of sp³-hybridized carbons (Fsp3) is 0.250. The molecule has 132 valence electrons. The summed E-state index contributed by atoms with van der Waals surface area (Å²) >= 11 is 0. The summed E-state index contributed by atoms with van der Waals surface area (Å²) < 4.78 is 5.67. The number of hydrogen-bond donors (Lipinski definition) is 2. The SMILES string of the molecule is O=C(NCCc1nc2ccccc2c(=O)[nH]1)[C@@H]1COc2ccccc2C1. The van der Waals surface area contributed by atoms with E-state index < -0.39 is 0 Å². The van der Waals surface area contributed by atoms with Crippen molar-refractivity contribution < 1.29 is 9.53 Å². The summed E-state index contributed by atoms with van der Waals surface area (Å²) in [6.07, 6.45) is 1.14. The third-order valence-electron chi connectivity index (χ3n) is 4.57. The fourth-order valence-electron chi connectivity index (χ4n) is 3.20. The van der Waals surface area contributed by atoms with Gasteiger partial charge in [0.1, 0.15) is 18.2 Å². The number of fused-ring (bicyclic) bond motifs is 2. The van der Waals surface area contributed by atoms with Crippen LogP contribution < -0.4 is 15.6 Å². The molecule has 2 aromatic carbocycles. The third kappa shape index (κ3) is 3.31. The molecule has 0 fully saturated rings. The van der Waals surface area contributed by atoms with Gasteiger partial charge in [-0.15, -0.1) is 0 Å². The topological polar surface area (TPSA) is 84.1 Å². The number of ether oxygens (including phenoxy) is 1. The second kappa shape index (κ2) is 7.00. The molecule has 2 N–H and O–H groups in total. The van der Waals surface area contributed by atoms with Crippen molar-refractivity contribution in [3.63, 3.8) is 0 Å². The van der Waals surface area contributed by atoms with Crippen LogP contribution in [-0.4, -0.2) is 29.0 Å². The predicted octanol–water partition coefficient (Wildman–Crippen LogP) is 1.83. The molecule has 1 amide bonds. The number of amides is 1. The van der Waals surface area contributed by atoms with Gasteiger partial charge >= 0.3 is 0 Å². The maximum Gasteiger partial charge on any atom is 0.258 e. The molecule has 0 radical (unpaired) electrons. The summed E-state index contributed by atoms with van der Waals surface area (Å²) in [7, 11) is 0. The molecule has 2 heterocycles. The maximum absolute atomic E-state index is 12.4. The Kier molecular flexibility index (Phi) is 4.39. The molecule has 0 unspecified atom stereocenters. The van der Waals surface area contributed by atoms with E-state index in [2.05, 4.69) is 15.3 Å². The summed E-state index contributed by atoms with van der Waals surface area (Å²) in [5.74, 6) is 1.19. The maximum atomic E-state index is 12.4. The van der Waals surface area contributed by atoms with Crippen LogP contribution in [0.3, 0.4) is 0 Å². The minimum atomic E-state index is -0.200. The van der Waals surface area contributed by atoms with E-state index in [9.17, 15) is 9.59 Å². The molecular formula is C20H19N3O3. The number of nitrogens with one attached hydrogen (secondary N) is 2. The number of para-hydroxylation sites is 2. The molecule has 0 aliphatic carbocycles.